The Balaban J connectivity index is -0.000000240. The monoisotopic (exact) mass is 312 g/mol. The summed E-state index contributed by atoms with van der Waals surface area (Å²) in [6.07, 6.45) is 3.60. The van der Waals surface area contributed by atoms with E-state index in [2.05, 4.69) is 6.92 Å². The highest BCUT2D eigenvalue weighted by atomic mass is 16.4. The van der Waals surface area contributed by atoms with E-state index in [1.807, 2.05) is 0 Å². The molecular weight excluding hydrogens is 288 g/mol. The Bertz CT molecular complexity index is 262. The van der Waals surface area contributed by atoms with Crippen molar-refractivity contribution in [3.63, 3.8) is 0 Å². The van der Waals surface area contributed by atoms with Gasteiger partial charge in [0.25, 0.3) is 0 Å². The summed E-state index contributed by atoms with van der Waals surface area (Å²) in [7, 11) is 0. The summed E-state index contributed by atoms with van der Waals surface area (Å²) >= 11 is 0. The van der Waals surface area contributed by atoms with Crippen LogP contribution in [-0.4, -0.2) is 67.9 Å². The number of aliphatic carboxylic acids is 3. The van der Waals surface area contributed by atoms with Gasteiger partial charge in [-0.05, 0) is 6.42 Å². The molecule has 21 heavy (non-hydrogen) atoms. The van der Waals surface area contributed by atoms with E-state index in [-0.39, 0.29) is 13.2 Å². The van der Waals surface area contributed by atoms with E-state index in [9.17, 15) is 4.79 Å². The van der Waals surface area contributed by atoms with Crippen molar-refractivity contribution < 1.29 is 45.0 Å². The van der Waals surface area contributed by atoms with Crippen LogP contribution in [0.15, 0.2) is 0 Å². The molecule has 0 aromatic carbocycles. The van der Waals surface area contributed by atoms with Crippen molar-refractivity contribution in [1.82, 2.24) is 0 Å². The molecule has 0 saturated heterocycles. The van der Waals surface area contributed by atoms with Crippen LogP contribution < -0.4 is 0 Å². The number of unbranched alkanes of at least 4 members (excludes halogenated alkanes) is 3. The third-order valence-electron chi connectivity index (χ3n) is 1.85. The number of rotatable bonds is 7. The van der Waals surface area contributed by atoms with E-state index in [4.69, 9.17) is 40.2 Å². The van der Waals surface area contributed by atoms with Gasteiger partial charge in [0.15, 0.2) is 0 Å². The fraction of sp³-hybridized carbons (Fsp3) is 0.750. The molecule has 0 bridgehead atoms. The minimum Gasteiger partial charge on any atom is -0.481 e. The maximum atomic E-state index is 9.96. The van der Waals surface area contributed by atoms with Crippen LogP contribution in [0, 0.1) is 0 Å². The van der Waals surface area contributed by atoms with Gasteiger partial charge in [0.1, 0.15) is 6.10 Å². The number of hydrogen-bond donors (Lipinski definition) is 6. The highest BCUT2D eigenvalue weighted by molar-refractivity contribution is 6.27. The van der Waals surface area contributed by atoms with Crippen LogP contribution in [0.5, 0.6) is 0 Å². The van der Waals surface area contributed by atoms with Crippen molar-refractivity contribution in [3.05, 3.63) is 0 Å². The van der Waals surface area contributed by atoms with E-state index in [1.165, 1.54) is 6.42 Å². The molecule has 0 aliphatic heterocycles. The van der Waals surface area contributed by atoms with E-state index in [1.54, 1.807) is 0 Å². The second-order valence-corrected chi connectivity index (χ2v) is 3.83. The number of carboxylic acid groups (broad SMARTS) is 3. The predicted octanol–water partition coefficient (Wildman–Crippen LogP) is -0.471. The van der Waals surface area contributed by atoms with E-state index >= 15 is 0 Å². The summed E-state index contributed by atoms with van der Waals surface area (Å²) in [4.78, 5) is 28.2. The first-order valence-electron chi connectivity index (χ1n) is 6.30. The van der Waals surface area contributed by atoms with Crippen molar-refractivity contribution >= 4 is 17.9 Å². The van der Waals surface area contributed by atoms with Gasteiger partial charge in [-0.2, -0.15) is 0 Å². The number of aliphatic hydroxyl groups is 3. The lowest BCUT2D eigenvalue weighted by molar-refractivity contribution is -0.159. The van der Waals surface area contributed by atoms with Gasteiger partial charge < -0.3 is 30.6 Å². The summed E-state index contributed by atoms with van der Waals surface area (Å²) in [5.74, 6) is -4.32. The average molecular weight is 312 g/mol. The zero-order chi connectivity index (χ0) is 17.3. The van der Waals surface area contributed by atoms with Crippen LogP contribution in [0.1, 0.15) is 39.0 Å². The molecule has 9 heteroatoms. The van der Waals surface area contributed by atoms with Crippen molar-refractivity contribution in [1.29, 1.82) is 0 Å². The molecule has 0 aliphatic rings. The summed E-state index contributed by atoms with van der Waals surface area (Å²) in [6.45, 7) is 1.38. The number of carbonyl (C=O) groups is 3. The van der Waals surface area contributed by atoms with Crippen LogP contribution in [0.25, 0.3) is 0 Å². The Hall–Kier alpha value is -1.71. The summed E-state index contributed by atoms with van der Waals surface area (Å²) in [5, 5.41) is 47.0. The van der Waals surface area contributed by atoms with Gasteiger partial charge in [0.2, 0.25) is 0 Å². The van der Waals surface area contributed by atoms with Crippen LogP contribution in [0.4, 0.5) is 0 Å². The number of aliphatic hydroxyl groups excluding tert-OH is 3. The number of hydrogen-bond acceptors (Lipinski definition) is 6. The van der Waals surface area contributed by atoms with Gasteiger partial charge in [-0.15, -0.1) is 0 Å². The summed E-state index contributed by atoms with van der Waals surface area (Å²) < 4.78 is 0. The maximum Gasteiger partial charge on any atom is 0.414 e. The largest absolute Gasteiger partial charge is 0.481 e. The molecule has 0 fully saturated rings. The maximum absolute atomic E-state index is 9.96. The molecule has 0 heterocycles. The Morgan fingerprint density at radius 3 is 1.48 bits per heavy atom. The van der Waals surface area contributed by atoms with Crippen molar-refractivity contribution in [2.24, 2.45) is 0 Å². The van der Waals surface area contributed by atoms with Gasteiger partial charge in [-0.25, -0.2) is 9.59 Å². The highest BCUT2D eigenvalue weighted by Gasteiger charge is 2.04. The third-order valence-corrected chi connectivity index (χ3v) is 1.85. The molecule has 0 radical (unpaired) electrons. The third kappa shape index (κ3) is 32.1. The fourth-order valence-corrected chi connectivity index (χ4v) is 0.761. The first kappa shape index (κ1) is 24.3. The molecule has 0 rings (SSSR count). The Labute approximate surface area is 122 Å². The number of carboxylic acids is 3. The van der Waals surface area contributed by atoms with Gasteiger partial charge in [-0.1, -0.05) is 26.2 Å². The quantitative estimate of drug-likeness (QED) is 0.268. The van der Waals surface area contributed by atoms with E-state index in [0.29, 0.717) is 6.42 Å². The van der Waals surface area contributed by atoms with Crippen LogP contribution in [0.3, 0.4) is 0 Å². The second kappa shape index (κ2) is 18.3. The minimum atomic E-state index is -1.82. The Kier molecular flexibility index (Phi) is 21.2. The molecule has 0 amide bonds. The molecular formula is C12H24O9. The normalized spacial score (nSPS) is 9.00. The van der Waals surface area contributed by atoms with E-state index in [0.717, 1.165) is 19.3 Å². The first-order valence-corrected chi connectivity index (χ1v) is 6.30. The van der Waals surface area contributed by atoms with Crippen LogP contribution >= 0.6 is 0 Å². The van der Waals surface area contributed by atoms with Crippen molar-refractivity contribution in [3.8, 4) is 0 Å². The molecule has 0 aromatic rings. The van der Waals surface area contributed by atoms with Crippen molar-refractivity contribution in [2.75, 3.05) is 13.2 Å². The summed E-state index contributed by atoms with van der Waals surface area (Å²) in [5.41, 5.74) is 0. The second-order valence-electron chi connectivity index (χ2n) is 3.83. The Morgan fingerprint density at radius 2 is 1.29 bits per heavy atom. The first-order chi connectivity index (χ1) is 9.72. The Morgan fingerprint density at radius 1 is 0.857 bits per heavy atom. The SMILES string of the molecule is CCCCCCC(=O)O.O=C(O)C(=O)O.OCC(O)CO. The van der Waals surface area contributed by atoms with Gasteiger partial charge in [0, 0.05) is 6.42 Å². The molecule has 0 saturated carbocycles. The topological polar surface area (TPSA) is 173 Å². The predicted molar refractivity (Wildman–Crippen MR) is 71.8 cm³/mol. The lowest BCUT2D eigenvalue weighted by Crippen LogP contribution is -2.15. The summed E-state index contributed by atoms with van der Waals surface area (Å²) in [6, 6.07) is 0. The molecule has 6 N–H and O–H groups in total. The molecule has 9 nitrogen and oxygen atoms in total. The zero-order valence-corrected chi connectivity index (χ0v) is 11.9. The lowest BCUT2D eigenvalue weighted by atomic mass is 10.2. The average Bonchev–Trinajstić information content (AvgIpc) is 2.43. The lowest BCUT2D eigenvalue weighted by Gasteiger charge is -1.96. The minimum absolute atomic E-state index is 0.333. The highest BCUT2D eigenvalue weighted by Crippen LogP contribution is 2.01. The molecule has 0 spiro atoms. The molecule has 0 aromatic heterocycles. The molecule has 0 aliphatic carbocycles. The van der Waals surface area contributed by atoms with Crippen LogP contribution in [-0.2, 0) is 14.4 Å². The fourth-order valence-electron chi connectivity index (χ4n) is 0.761. The molecule has 0 atom stereocenters. The van der Waals surface area contributed by atoms with Gasteiger partial charge in [0.05, 0.1) is 13.2 Å². The van der Waals surface area contributed by atoms with Crippen LogP contribution in [0.2, 0.25) is 0 Å². The van der Waals surface area contributed by atoms with Gasteiger partial charge >= 0.3 is 17.9 Å². The molecule has 126 valence electrons. The zero-order valence-electron chi connectivity index (χ0n) is 11.9. The standard InChI is InChI=1S/C7H14O2.C3H8O3.C2H2O4/c1-2-3-4-5-6-7(8)9;4-1-3(6)2-5;3-1(4)2(5)6/h2-6H2,1H3,(H,8,9);3-6H,1-2H2;(H,3,4)(H,5,6). The smallest absolute Gasteiger partial charge is 0.414 e. The molecule has 0 unspecified atom stereocenters. The van der Waals surface area contributed by atoms with Crippen molar-refractivity contribution in [2.45, 2.75) is 45.1 Å². The van der Waals surface area contributed by atoms with E-state index < -0.39 is 24.0 Å². The van der Waals surface area contributed by atoms with Gasteiger partial charge in [-0.3, -0.25) is 4.79 Å².